The van der Waals surface area contributed by atoms with Gasteiger partial charge in [0, 0.05) is 38.0 Å². The molecule has 11 heteroatoms. The Morgan fingerprint density at radius 2 is 2.06 bits per heavy atom. The first-order valence-corrected chi connectivity index (χ1v) is 11.5. The first kappa shape index (κ1) is 21.6. The molecule has 170 valence electrons. The van der Waals surface area contributed by atoms with Crippen molar-refractivity contribution < 1.29 is 19.0 Å². The summed E-state index contributed by atoms with van der Waals surface area (Å²) in [5.74, 6) is 0.985. The molecule has 0 saturated carbocycles. The molecule has 2 aromatic heterocycles. The largest absolute Gasteiger partial charge is 0.486 e. The number of aromatic nitrogens is 3. The maximum Gasteiger partial charge on any atom is 0.262 e. The Kier molecular flexibility index (Phi) is 5.83. The van der Waals surface area contributed by atoms with Crippen molar-refractivity contribution in [2.24, 2.45) is 0 Å². The zero-order valence-electron chi connectivity index (χ0n) is 17.7. The van der Waals surface area contributed by atoms with E-state index in [9.17, 15) is 9.59 Å². The highest BCUT2D eigenvalue weighted by Gasteiger charge is 2.17. The quantitative estimate of drug-likeness (QED) is 0.317. The molecular formula is C22H20N4O5S2. The summed E-state index contributed by atoms with van der Waals surface area (Å²) in [4.78, 5) is 33.2. The molecule has 0 saturated heterocycles. The van der Waals surface area contributed by atoms with Crippen molar-refractivity contribution in [2.75, 3.05) is 32.2 Å². The van der Waals surface area contributed by atoms with Crippen LogP contribution < -0.4 is 20.3 Å². The summed E-state index contributed by atoms with van der Waals surface area (Å²) in [6, 6.07) is 8.54. The van der Waals surface area contributed by atoms with E-state index in [0.717, 1.165) is 10.2 Å². The molecule has 9 nitrogen and oxygen atoms in total. The van der Waals surface area contributed by atoms with E-state index in [-0.39, 0.29) is 11.5 Å². The molecule has 33 heavy (non-hydrogen) atoms. The number of nitrogens with one attached hydrogen (secondary N) is 2. The van der Waals surface area contributed by atoms with Crippen LogP contribution in [-0.4, -0.2) is 47.4 Å². The van der Waals surface area contributed by atoms with Gasteiger partial charge in [-0.25, -0.2) is 4.98 Å². The summed E-state index contributed by atoms with van der Waals surface area (Å²) in [6.45, 7) is 1.99. The molecule has 0 spiro atoms. The monoisotopic (exact) mass is 484 g/mol. The standard InChI is InChI=1S/C22H20N4O5S2/c1-29-6-2-5-26-20(28)13-4-3-12(9-14(13)24-22(26)32)19(27)25-21-23-15-10-16-17(11-18(15)33-21)31-8-7-30-16/h3-4,9-11H,2,5-8H2,1H3,(H,24,32)(H,23,25,27). The van der Waals surface area contributed by atoms with Gasteiger partial charge < -0.3 is 19.2 Å². The number of benzene rings is 2. The average molecular weight is 485 g/mol. The molecule has 0 aliphatic carbocycles. The van der Waals surface area contributed by atoms with Crippen LogP contribution in [0.25, 0.3) is 21.1 Å². The number of thiazole rings is 1. The smallest absolute Gasteiger partial charge is 0.262 e. The van der Waals surface area contributed by atoms with Gasteiger partial charge in [-0.15, -0.1) is 0 Å². The Bertz CT molecular complexity index is 1450. The topological polar surface area (TPSA) is 107 Å². The second kappa shape index (κ2) is 8.93. The van der Waals surface area contributed by atoms with Gasteiger partial charge in [0.15, 0.2) is 21.4 Å². The Morgan fingerprint density at radius 3 is 2.85 bits per heavy atom. The molecule has 0 bridgehead atoms. The fourth-order valence-electron chi connectivity index (χ4n) is 3.65. The molecular weight excluding hydrogens is 464 g/mol. The van der Waals surface area contributed by atoms with Crippen LogP contribution in [0.5, 0.6) is 11.5 Å². The lowest BCUT2D eigenvalue weighted by molar-refractivity contribution is 0.102. The number of hydrogen-bond acceptors (Lipinski definition) is 8. The van der Waals surface area contributed by atoms with E-state index in [2.05, 4.69) is 15.3 Å². The third kappa shape index (κ3) is 4.22. The molecule has 2 N–H and O–H groups in total. The molecule has 0 radical (unpaired) electrons. The van der Waals surface area contributed by atoms with E-state index in [1.807, 2.05) is 12.1 Å². The normalized spacial score (nSPS) is 12.9. The zero-order chi connectivity index (χ0) is 22.9. The van der Waals surface area contributed by atoms with Gasteiger partial charge in [0.25, 0.3) is 11.5 Å². The molecule has 1 aliphatic rings. The summed E-state index contributed by atoms with van der Waals surface area (Å²) >= 11 is 6.70. The van der Waals surface area contributed by atoms with Crippen molar-refractivity contribution in [1.82, 2.24) is 14.5 Å². The SMILES string of the molecule is COCCCn1c(=S)[nH]c2cc(C(=O)Nc3nc4cc5c(cc4s3)OCCO5)ccc2c1=O. The van der Waals surface area contributed by atoms with Crippen LogP contribution in [0.3, 0.4) is 0 Å². The first-order valence-electron chi connectivity index (χ1n) is 10.3. The summed E-state index contributed by atoms with van der Waals surface area (Å²) in [6.07, 6.45) is 0.670. The first-order chi connectivity index (χ1) is 16.0. The highest BCUT2D eigenvalue weighted by molar-refractivity contribution is 7.71. The Labute approximate surface area is 196 Å². The number of carbonyl (C=O) groups is 1. The maximum atomic E-state index is 12.9. The van der Waals surface area contributed by atoms with Crippen molar-refractivity contribution in [3.63, 3.8) is 0 Å². The number of carbonyl (C=O) groups excluding carboxylic acids is 1. The highest BCUT2D eigenvalue weighted by atomic mass is 32.1. The van der Waals surface area contributed by atoms with E-state index >= 15 is 0 Å². The average Bonchev–Trinajstić information content (AvgIpc) is 3.20. The second-order valence-corrected chi connectivity index (χ2v) is 8.85. The van der Waals surface area contributed by atoms with Crippen LogP contribution in [0.1, 0.15) is 16.8 Å². The summed E-state index contributed by atoms with van der Waals surface area (Å²) in [5.41, 5.74) is 1.41. The number of amides is 1. The summed E-state index contributed by atoms with van der Waals surface area (Å²) in [5, 5.41) is 3.75. The highest BCUT2D eigenvalue weighted by Crippen LogP contribution is 2.37. The van der Waals surface area contributed by atoms with Crippen LogP contribution in [0.4, 0.5) is 5.13 Å². The maximum absolute atomic E-state index is 12.9. The number of aromatic amines is 1. The minimum absolute atomic E-state index is 0.198. The molecule has 3 heterocycles. The van der Waals surface area contributed by atoms with Crippen molar-refractivity contribution in [3.8, 4) is 11.5 Å². The third-order valence-corrected chi connectivity index (χ3v) is 6.50. The molecule has 4 aromatic rings. The Hall–Kier alpha value is -3.28. The third-order valence-electron chi connectivity index (χ3n) is 5.25. The molecule has 1 aliphatic heterocycles. The molecule has 0 unspecified atom stereocenters. The molecule has 1 amide bonds. The number of ether oxygens (including phenoxy) is 3. The predicted molar refractivity (Wildman–Crippen MR) is 128 cm³/mol. The number of methoxy groups -OCH3 is 1. The minimum Gasteiger partial charge on any atom is -0.486 e. The Balaban J connectivity index is 1.41. The predicted octanol–water partition coefficient (Wildman–Crippen LogP) is 3.73. The van der Waals surface area contributed by atoms with Crippen LogP contribution >= 0.6 is 23.6 Å². The van der Waals surface area contributed by atoms with Gasteiger partial charge in [-0.3, -0.25) is 19.5 Å². The van der Waals surface area contributed by atoms with Gasteiger partial charge in [0.1, 0.15) is 13.2 Å². The van der Waals surface area contributed by atoms with E-state index in [1.165, 1.54) is 15.9 Å². The van der Waals surface area contributed by atoms with Crippen molar-refractivity contribution in [1.29, 1.82) is 0 Å². The number of rotatable bonds is 6. The number of hydrogen-bond donors (Lipinski definition) is 2. The Morgan fingerprint density at radius 1 is 1.27 bits per heavy atom. The zero-order valence-corrected chi connectivity index (χ0v) is 19.3. The number of nitrogens with zero attached hydrogens (tertiary/aromatic N) is 2. The van der Waals surface area contributed by atoms with Gasteiger partial charge in [0.2, 0.25) is 0 Å². The van der Waals surface area contributed by atoms with Gasteiger partial charge in [-0.05, 0) is 36.8 Å². The second-order valence-electron chi connectivity index (χ2n) is 7.43. The molecule has 0 atom stereocenters. The lowest BCUT2D eigenvalue weighted by Gasteiger charge is -2.17. The van der Waals surface area contributed by atoms with E-state index in [1.54, 1.807) is 25.3 Å². The van der Waals surface area contributed by atoms with Crippen LogP contribution in [0.2, 0.25) is 0 Å². The van der Waals surface area contributed by atoms with Gasteiger partial charge >= 0.3 is 0 Å². The number of H-pyrrole nitrogens is 1. The fourth-order valence-corrected chi connectivity index (χ4v) is 4.81. The van der Waals surface area contributed by atoms with E-state index in [4.69, 9.17) is 26.4 Å². The summed E-state index contributed by atoms with van der Waals surface area (Å²) < 4.78 is 18.9. The fraction of sp³-hybridized carbons (Fsp3) is 0.273. The van der Waals surface area contributed by atoms with Crippen molar-refractivity contribution in [3.05, 3.63) is 51.0 Å². The summed E-state index contributed by atoms with van der Waals surface area (Å²) in [7, 11) is 1.61. The molecule has 2 aromatic carbocycles. The lowest BCUT2D eigenvalue weighted by Crippen LogP contribution is -2.23. The number of anilines is 1. The van der Waals surface area contributed by atoms with Crippen LogP contribution in [-0.2, 0) is 11.3 Å². The van der Waals surface area contributed by atoms with Crippen molar-refractivity contribution >= 4 is 55.7 Å². The van der Waals surface area contributed by atoms with E-state index in [0.29, 0.717) is 70.7 Å². The van der Waals surface area contributed by atoms with E-state index < -0.39 is 0 Å². The van der Waals surface area contributed by atoms with Crippen LogP contribution in [0.15, 0.2) is 35.1 Å². The van der Waals surface area contributed by atoms with Crippen LogP contribution in [0, 0.1) is 4.77 Å². The van der Waals surface area contributed by atoms with Crippen molar-refractivity contribution in [2.45, 2.75) is 13.0 Å². The lowest BCUT2D eigenvalue weighted by atomic mass is 10.1. The van der Waals surface area contributed by atoms with Gasteiger partial charge in [-0.1, -0.05) is 11.3 Å². The molecule has 5 rings (SSSR count). The molecule has 0 fully saturated rings. The van der Waals surface area contributed by atoms with Gasteiger partial charge in [-0.2, -0.15) is 0 Å². The number of fused-ring (bicyclic) bond motifs is 3. The van der Waals surface area contributed by atoms with Gasteiger partial charge in [0.05, 0.1) is 21.1 Å². The minimum atomic E-state index is -0.336.